The van der Waals surface area contributed by atoms with Crippen LogP contribution in [0.1, 0.15) is 41.6 Å². The van der Waals surface area contributed by atoms with Crippen molar-refractivity contribution in [1.82, 2.24) is 10.6 Å². The molecule has 0 radical (unpaired) electrons. The van der Waals surface area contributed by atoms with Gasteiger partial charge in [0.05, 0.1) is 5.56 Å². The van der Waals surface area contributed by atoms with Gasteiger partial charge in [-0.05, 0) is 50.3 Å². The average Bonchev–Trinajstić information content (AvgIpc) is 2.68. The molecule has 2 aliphatic heterocycles. The molecule has 2 saturated heterocycles. The van der Waals surface area contributed by atoms with Crippen molar-refractivity contribution in [3.05, 3.63) is 35.1 Å². The van der Waals surface area contributed by atoms with Crippen LogP contribution in [0.2, 0.25) is 0 Å². The lowest BCUT2D eigenvalue weighted by Crippen LogP contribution is -2.48. The lowest BCUT2D eigenvalue weighted by atomic mass is 9.99. The van der Waals surface area contributed by atoms with E-state index < -0.39 is 5.82 Å². The minimum atomic E-state index is -0.436. The molecule has 19 heavy (non-hydrogen) atoms. The normalized spacial score (nSPS) is 29.3. The maximum absolute atomic E-state index is 13.7. The van der Waals surface area contributed by atoms with E-state index in [0.717, 1.165) is 18.4 Å². The smallest absolute Gasteiger partial charge is 0.254 e. The quantitative estimate of drug-likeness (QED) is 0.857. The van der Waals surface area contributed by atoms with Crippen LogP contribution in [0, 0.1) is 12.7 Å². The first-order valence-corrected chi connectivity index (χ1v) is 6.95. The maximum Gasteiger partial charge on any atom is 0.254 e. The number of rotatable bonds is 2. The molecule has 2 bridgehead atoms. The largest absolute Gasteiger partial charge is 0.349 e. The van der Waals surface area contributed by atoms with E-state index in [9.17, 15) is 9.18 Å². The summed E-state index contributed by atoms with van der Waals surface area (Å²) in [4.78, 5) is 12.1. The number of amides is 1. The van der Waals surface area contributed by atoms with Gasteiger partial charge in [0.1, 0.15) is 5.82 Å². The predicted octanol–water partition coefficient (Wildman–Crippen LogP) is 2.15. The van der Waals surface area contributed by atoms with Gasteiger partial charge < -0.3 is 10.6 Å². The zero-order valence-corrected chi connectivity index (χ0v) is 11.1. The average molecular weight is 262 g/mol. The molecule has 2 N–H and O–H groups in total. The highest BCUT2D eigenvalue weighted by Gasteiger charge is 2.34. The zero-order chi connectivity index (χ0) is 13.4. The molecule has 1 amide bonds. The first-order valence-electron chi connectivity index (χ1n) is 6.95. The number of piperidine rings is 1. The number of hydrogen-bond donors (Lipinski definition) is 2. The van der Waals surface area contributed by atoms with Crippen molar-refractivity contribution in [2.45, 2.75) is 50.7 Å². The maximum atomic E-state index is 13.7. The van der Waals surface area contributed by atoms with Crippen molar-refractivity contribution < 1.29 is 9.18 Å². The van der Waals surface area contributed by atoms with Crippen molar-refractivity contribution in [3.8, 4) is 0 Å². The van der Waals surface area contributed by atoms with Gasteiger partial charge in [0.25, 0.3) is 5.91 Å². The van der Waals surface area contributed by atoms with Gasteiger partial charge >= 0.3 is 0 Å². The number of aryl methyl sites for hydroxylation is 1. The molecule has 102 valence electrons. The van der Waals surface area contributed by atoms with Gasteiger partial charge in [-0.15, -0.1) is 0 Å². The monoisotopic (exact) mass is 262 g/mol. The Hall–Kier alpha value is -1.42. The molecule has 2 heterocycles. The molecule has 1 aromatic carbocycles. The zero-order valence-electron chi connectivity index (χ0n) is 11.1. The van der Waals surface area contributed by atoms with E-state index in [1.165, 1.54) is 18.9 Å². The van der Waals surface area contributed by atoms with Crippen LogP contribution < -0.4 is 10.6 Å². The number of carbonyl (C=O) groups is 1. The van der Waals surface area contributed by atoms with Crippen molar-refractivity contribution >= 4 is 5.91 Å². The standard InChI is InChI=1S/C15H19FN2O/c1-9-2-5-13(14(16)6-9)15(19)18-12-7-10-3-4-11(8-12)17-10/h2,5-6,10-12,17H,3-4,7-8H2,1H3,(H,18,19). The third-order valence-electron chi connectivity index (χ3n) is 4.18. The first-order chi connectivity index (χ1) is 9.11. The molecule has 4 heteroatoms. The molecule has 3 nitrogen and oxygen atoms in total. The van der Waals surface area contributed by atoms with Gasteiger partial charge in [0.15, 0.2) is 0 Å². The SMILES string of the molecule is Cc1ccc(C(=O)NC2CC3CCC(C2)N3)c(F)c1. The highest BCUT2D eigenvalue weighted by molar-refractivity contribution is 5.94. The summed E-state index contributed by atoms with van der Waals surface area (Å²) in [6.45, 7) is 1.81. The fraction of sp³-hybridized carbons (Fsp3) is 0.533. The van der Waals surface area contributed by atoms with Gasteiger partial charge in [-0.25, -0.2) is 4.39 Å². The van der Waals surface area contributed by atoms with Crippen LogP contribution >= 0.6 is 0 Å². The number of halogens is 1. The molecular weight excluding hydrogens is 243 g/mol. The number of nitrogens with one attached hydrogen (secondary N) is 2. The summed E-state index contributed by atoms with van der Waals surface area (Å²) in [7, 11) is 0. The number of benzene rings is 1. The van der Waals surface area contributed by atoms with E-state index in [0.29, 0.717) is 12.1 Å². The van der Waals surface area contributed by atoms with E-state index >= 15 is 0 Å². The molecule has 2 fully saturated rings. The summed E-state index contributed by atoms with van der Waals surface area (Å²) in [5.41, 5.74) is 0.977. The number of fused-ring (bicyclic) bond motifs is 2. The molecule has 0 saturated carbocycles. The van der Waals surface area contributed by atoms with Gasteiger partial charge in [0, 0.05) is 18.1 Å². The number of carbonyl (C=O) groups excluding carboxylic acids is 1. The van der Waals surface area contributed by atoms with E-state index in [1.807, 2.05) is 6.92 Å². The molecule has 0 aromatic heterocycles. The first kappa shape index (κ1) is 12.6. The van der Waals surface area contributed by atoms with Gasteiger partial charge in [-0.3, -0.25) is 4.79 Å². The summed E-state index contributed by atoms with van der Waals surface area (Å²) >= 11 is 0. The Labute approximate surface area is 112 Å². The Bertz CT molecular complexity index is 491. The van der Waals surface area contributed by atoms with Crippen LogP contribution in [0.3, 0.4) is 0 Å². The minimum absolute atomic E-state index is 0.150. The second-order valence-corrected chi connectivity index (χ2v) is 5.76. The van der Waals surface area contributed by atoms with Gasteiger partial charge in [-0.2, -0.15) is 0 Å². The molecule has 2 aliphatic rings. The summed E-state index contributed by atoms with van der Waals surface area (Å²) < 4.78 is 13.7. The molecule has 2 atom stereocenters. The van der Waals surface area contributed by atoms with Crippen LogP contribution in [-0.2, 0) is 0 Å². The van der Waals surface area contributed by atoms with Gasteiger partial charge in [0.2, 0.25) is 0 Å². The topological polar surface area (TPSA) is 41.1 Å². The molecule has 2 unspecified atom stereocenters. The van der Waals surface area contributed by atoms with Crippen LogP contribution in [0.5, 0.6) is 0 Å². The fourth-order valence-corrected chi connectivity index (χ4v) is 3.24. The molecular formula is C15H19FN2O. The third kappa shape index (κ3) is 2.63. The highest BCUT2D eigenvalue weighted by Crippen LogP contribution is 2.27. The van der Waals surface area contributed by atoms with Gasteiger partial charge in [-0.1, -0.05) is 6.07 Å². The van der Waals surface area contributed by atoms with E-state index in [2.05, 4.69) is 10.6 Å². The Kier molecular flexibility index (Phi) is 3.27. The predicted molar refractivity (Wildman–Crippen MR) is 71.6 cm³/mol. The summed E-state index contributed by atoms with van der Waals surface area (Å²) in [5, 5.41) is 6.50. The number of hydrogen-bond acceptors (Lipinski definition) is 2. The summed E-state index contributed by atoms with van der Waals surface area (Å²) in [6, 6.07) is 5.95. The van der Waals surface area contributed by atoms with Crippen LogP contribution in [0.25, 0.3) is 0 Å². The minimum Gasteiger partial charge on any atom is -0.349 e. The van der Waals surface area contributed by atoms with E-state index in [1.54, 1.807) is 12.1 Å². The van der Waals surface area contributed by atoms with Crippen molar-refractivity contribution in [2.24, 2.45) is 0 Å². The van der Waals surface area contributed by atoms with Crippen LogP contribution in [0.4, 0.5) is 4.39 Å². The Morgan fingerprint density at radius 3 is 2.63 bits per heavy atom. The second kappa shape index (κ2) is 4.93. The van der Waals surface area contributed by atoms with Crippen molar-refractivity contribution in [3.63, 3.8) is 0 Å². The molecule has 3 rings (SSSR count). The van der Waals surface area contributed by atoms with E-state index in [-0.39, 0.29) is 17.5 Å². The Morgan fingerprint density at radius 1 is 1.32 bits per heavy atom. The summed E-state index contributed by atoms with van der Waals surface area (Å²) in [5.74, 6) is -0.724. The third-order valence-corrected chi connectivity index (χ3v) is 4.18. The highest BCUT2D eigenvalue weighted by atomic mass is 19.1. The van der Waals surface area contributed by atoms with Crippen molar-refractivity contribution in [2.75, 3.05) is 0 Å². The Morgan fingerprint density at radius 2 is 2.00 bits per heavy atom. The van der Waals surface area contributed by atoms with Crippen molar-refractivity contribution in [1.29, 1.82) is 0 Å². The summed E-state index contributed by atoms with van der Waals surface area (Å²) in [6.07, 6.45) is 4.29. The molecule has 0 aliphatic carbocycles. The molecule has 0 spiro atoms. The lowest BCUT2D eigenvalue weighted by Gasteiger charge is -2.29. The van der Waals surface area contributed by atoms with Crippen LogP contribution in [0.15, 0.2) is 18.2 Å². The lowest BCUT2D eigenvalue weighted by molar-refractivity contribution is 0.0920. The second-order valence-electron chi connectivity index (χ2n) is 5.76. The fourth-order valence-electron chi connectivity index (χ4n) is 3.24. The molecule has 1 aromatic rings. The van der Waals surface area contributed by atoms with E-state index in [4.69, 9.17) is 0 Å². The Balaban J connectivity index is 1.68. The van der Waals surface area contributed by atoms with Crippen LogP contribution in [-0.4, -0.2) is 24.0 Å².